The summed E-state index contributed by atoms with van der Waals surface area (Å²) in [6.45, 7) is 3.90. The fourth-order valence-corrected chi connectivity index (χ4v) is 1.84. The number of hydrogen-bond acceptors (Lipinski definition) is 9. The monoisotopic (exact) mass is 376 g/mol. The smallest absolute Gasteiger partial charge is 0.315 e. The molecule has 0 aliphatic heterocycles. The van der Waals surface area contributed by atoms with Crippen LogP contribution >= 0.6 is 0 Å². The molecule has 0 saturated carbocycles. The van der Waals surface area contributed by atoms with Crippen LogP contribution in [0.1, 0.15) is 39.5 Å². The molecule has 150 valence electrons. The molecule has 0 heterocycles. The molecule has 11 nitrogen and oxygen atoms in total. The highest BCUT2D eigenvalue weighted by Gasteiger charge is 2.19. The van der Waals surface area contributed by atoms with Gasteiger partial charge in [0.2, 0.25) is 0 Å². The molecule has 11 heteroatoms. The minimum Gasteiger partial charge on any atom is -0.548 e. The molecule has 0 aromatic carbocycles. The van der Waals surface area contributed by atoms with E-state index in [4.69, 9.17) is 4.89 Å². The van der Waals surface area contributed by atoms with Crippen LogP contribution in [0.15, 0.2) is 0 Å². The number of carboxylic acids is 2. The van der Waals surface area contributed by atoms with Crippen molar-refractivity contribution >= 4 is 23.9 Å². The lowest BCUT2D eigenvalue weighted by Crippen LogP contribution is -2.56. The van der Waals surface area contributed by atoms with Crippen LogP contribution in [-0.2, 0) is 28.9 Å². The molecule has 0 spiro atoms. The summed E-state index contributed by atoms with van der Waals surface area (Å²) >= 11 is 0. The Kier molecular flexibility index (Phi) is 12.6. The Morgan fingerprint density at radius 1 is 0.885 bits per heavy atom. The minimum atomic E-state index is -1.61. The van der Waals surface area contributed by atoms with Crippen LogP contribution in [0.5, 0.6) is 0 Å². The van der Waals surface area contributed by atoms with Crippen molar-refractivity contribution in [3.8, 4) is 0 Å². The third-order valence-electron chi connectivity index (χ3n) is 3.04. The van der Waals surface area contributed by atoms with E-state index >= 15 is 0 Å². The lowest BCUT2D eigenvalue weighted by molar-refractivity contribution is -0.309. The number of esters is 1. The van der Waals surface area contributed by atoms with Gasteiger partial charge in [0.15, 0.2) is 0 Å². The number of carboxylic acid groups (broad SMARTS) is 2. The van der Waals surface area contributed by atoms with Gasteiger partial charge in [-0.05, 0) is 33.1 Å². The predicted octanol–water partition coefficient (Wildman–Crippen LogP) is -2.39. The largest absolute Gasteiger partial charge is 0.548 e. The quantitative estimate of drug-likeness (QED) is 0.145. The van der Waals surface area contributed by atoms with Crippen molar-refractivity contribution in [2.45, 2.75) is 51.6 Å². The normalized spacial score (nSPS) is 12.7. The van der Waals surface area contributed by atoms with Gasteiger partial charge in [0.25, 0.3) is 0 Å². The number of amides is 2. The van der Waals surface area contributed by atoms with E-state index in [1.165, 1.54) is 0 Å². The van der Waals surface area contributed by atoms with Gasteiger partial charge in [0, 0.05) is 6.42 Å². The molecule has 0 bridgehead atoms. The second-order valence-electron chi connectivity index (χ2n) is 5.08. The molecule has 26 heavy (non-hydrogen) atoms. The SMILES string of the molecule is CCOOCCCC(NC(=O)NC(CCC(=O)OCC)C(=O)[O-])C(=O)[O-]. The van der Waals surface area contributed by atoms with Gasteiger partial charge in [-0.3, -0.25) is 4.79 Å². The van der Waals surface area contributed by atoms with E-state index in [2.05, 4.69) is 14.9 Å². The number of rotatable bonds is 14. The minimum absolute atomic E-state index is 0.0123. The zero-order chi connectivity index (χ0) is 19.9. The summed E-state index contributed by atoms with van der Waals surface area (Å²) in [5.74, 6) is -3.77. The lowest BCUT2D eigenvalue weighted by atomic mass is 10.1. The Labute approximate surface area is 150 Å². The van der Waals surface area contributed by atoms with Gasteiger partial charge in [-0.25, -0.2) is 14.6 Å². The second kappa shape index (κ2) is 13.8. The van der Waals surface area contributed by atoms with Crippen molar-refractivity contribution < 1.29 is 43.9 Å². The van der Waals surface area contributed by atoms with E-state index in [0.717, 1.165) is 0 Å². The first-order chi connectivity index (χ1) is 12.3. The van der Waals surface area contributed by atoms with E-state index in [1.807, 2.05) is 5.32 Å². The first-order valence-corrected chi connectivity index (χ1v) is 8.20. The van der Waals surface area contributed by atoms with Crippen molar-refractivity contribution in [2.24, 2.45) is 0 Å². The number of aliphatic carboxylic acids is 2. The van der Waals surface area contributed by atoms with E-state index in [0.29, 0.717) is 6.61 Å². The van der Waals surface area contributed by atoms with E-state index < -0.39 is 36.0 Å². The number of urea groups is 1. The van der Waals surface area contributed by atoms with Crippen LogP contribution < -0.4 is 20.8 Å². The van der Waals surface area contributed by atoms with Gasteiger partial charge < -0.3 is 35.2 Å². The molecule has 2 unspecified atom stereocenters. The van der Waals surface area contributed by atoms with E-state index in [9.17, 15) is 29.4 Å². The molecular formula is C15H24N2O9-2. The molecule has 0 aliphatic carbocycles. The molecule has 2 atom stereocenters. The van der Waals surface area contributed by atoms with Crippen LogP contribution in [-0.4, -0.2) is 55.8 Å². The van der Waals surface area contributed by atoms with Crippen LogP contribution in [0.4, 0.5) is 4.79 Å². The number of carbonyl (C=O) groups excluding carboxylic acids is 4. The maximum absolute atomic E-state index is 11.8. The summed E-state index contributed by atoms with van der Waals surface area (Å²) in [6.07, 6.45) is -0.258. The molecule has 0 rings (SSSR count). The summed E-state index contributed by atoms with van der Waals surface area (Å²) in [6, 6.07) is -3.88. The highest BCUT2D eigenvalue weighted by molar-refractivity contribution is 5.85. The van der Waals surface area contributed by atoms with Crippen molar-refractivity contribution in [3.05, 3.63) is 0 Å². The highest BCUT2D eigenvalue weighted by Crippen LogP contribution is 2.01. The summed E-state index contributed by atoms with van der Waals surface area (Å²) in [5, 5.41) is 26.2. The van der Waals surface area contributed by atoms with Crippen LogP contribution in [0.3, 0.4) is 0 Å². The van der Waals surface area contributed by atoms with Gasteiger partial charge >= 0.3 is 12.0 Å². The van der Waals surface area contributed by atoms with Crippen molar-refractivity contribution in [3.63, 3.8) is 0 Å². The summed E-state index contributed by atoms with van der Waals surface area (Å²) < 4.78 is 4.66. The molecular weight excluding hydrogens is 352 g/mol. The molecule has 0 aliphatic rings. The van der Waals surface area contributed by atoms with Crippen LogP contribution in [0, 0.1) is 0 Å². The first-order valence-electron chi connectivity index (χ1n) is 8.20. The maximum atomic E-state index is 11.8. The van der Waals surface area contributed by atoms with E-state index in [-0.39, 0.29) is 38.9 Å². The van der Waals surface area contributed by atoms with Gasteiger partial charge in [-0.1, -0.05) is 0 Å². The molecule has 2 N–H and O–H groups in total. The van der Waals surface area contributed by atoms with Gasteiger partial charge in [0.05, 0.1) is 43.8 Å². The molecule has 0 fully saturated rings. The summed E-state index contributed by atoms with van der Waals surface area (Å²) in [5.41, 5.74) is 0. The zero-order valence-electron chi connectivity index (χ0n) is 14.8. The average Bonchev–Trinajstić information content (AvgIpc) is 2.57. The Morgan fingerprint density at radius 3 is 1.96 bits per heavy atom. The van der Waals surface area contributed by atoms with Crippen LogP contribution in [0.2, 0.25) is 0 Å². The predicted molar refractivity (Wildman–Crippen MR) is 81.9 cm³/mol. The summed E-state index contributed by atoms with van der Waals surface area (Å²) in [7, 11) is 0. The average molecular weight is 376 g/mol. The molecule has 0 aromatic rings. The first kappa shape index (κ1) is 23.6. The molecule has 0 saturated heterocycles. The van der Waals surface area contributed by atoms with E-state index in [1.54, 1.807) is 13.8 Å². The topological polar surface area (TPSA) is 166 Å². The molecule has 0 aromatic heterocycles. The number of nitrogens with one attached hydrogen (secondary N) is 2. The maximum Gasteiger partial charge on any atom is 0.315 e. The van der Waals surface area contributed by atoms with Gasteiger partial charge in [-0.2, -0.15) is 0 Å². The zero-order valence-corrected chi connectivity index (χ0v) is 14.8. The lowest BCUT2D eigenvalue weighted by Gasteiger charge is -2.23. The van der Waals surface area contributed by atoms with Crippen molar-refractivity contribution in [2.75, 3.05) is 19.8 Å². The van der Waals surface area contributed by atoms with Gasteiger partial charge in [0.1, 0.15) is 0 Å². The number of hydrogen-bond donors (Lipinski definition) is 2. The third kappa shape index (κ3) is 11.2. The molecule has 0 radical (unpaired) electrons. The molecule has 2 amide bonds. The fraction of sp³-hybridized carbons (Fsp3) is 0.733. The summed E-state index contributed by atoms with van der Waals surface area (Å²) in [4.78, 5) is 54.5. The highest BCUT2D eigenvalue weighted by atomic mass is 17.2. The number of carbonyl (C=O) groups is 4. The van der Waals surface area contributed by atoms with Crippen LogP contribution in [0.25, 0.3) is 0 Å². The van der Waals surface area contributed by atoms with Crippen molar-refractivity contribution in [1.29, 1.82) is 0 Å². The Bertz CT molecular complexity index is 470. The second-order valence-corrected chi connectivity index (χ2v) is 5.08. The Morgan fingerprint density at radius 2 is 1.46 bits per heavy atom. The Balaban J connectivity index is 4.44. The number of ether oxygens (including phenoxy) is 1. The van der Waals surface area contributed by atoms with Gasteiger partial charge in [-0.15, -0.1) is 0 Å². The van der Waals surface area contributed by atoms with Crippen molar-refractivity contribution in [1.82, 2.24) is 10.6 Å². The fourth-order valence-electron chi connectivity index (χ4n) is 1.84. The Hall–Kier alpha value is -2.40. The third-order valence-corrected chi connectivity index (χ3v) is 3.04. The standard InChI is InChI=1S/C15H26N2O9/c1-3-24-12(18)8-7-11(14(21)22)17-15(23)16-10(13(19)20)6-5-9-26-25-4-2/h10-11H,3-9H2,1-2H3,(H,19,20)(H,21,22)(H2,16,17,23)/p-2.